The highest BCUT2D eigenvalue weighted by molar-refractivity contribution is 5.88. The third-order valence-corrected chi connectivity index (χ3v) is 3.63. The lowest BCUT2D eigenvalue weighted by Crippen LogP contribution is -2.30. The fourth-order valence-electron chi connectivity index (χ4n) is 2.35. The Hall–Kier alpha value is -2.44. The van der Waals surface area contributed by atoms with E-state index >= 15 is 0 Å². The number of aryl methyl sites for hydroxylation is 2. The summed E-state index contributed by atoms with van der Waals surface area (Å²) in [6.45, 7) is 3.48. The van der Waals surface area contributed by atoms with Crippen molar-refractivity contribution in [2.24, 2.45) is 0 Å². The second-order valence-corrected chi connectivity index (χ2v) is 5.36. The van der Waals surface area contributed by atoms with Gasteiger partial charge in [0.15, 0.2) is 5.82 Å². The second kappa shape index (κ2) is 4.83. The summed E-state index contributed by atoms with van der Waals surface area (Å²) in [4.78, 5) is 27.8. The summed E-state index contributed by atoms with van der Waals surface area (Å²) >= 11 is 0. The lowest BCUT2D eigenvalue weighted by molar-refractivity contribution is 0.0693. The monoisotopic (exact) mass is 289 g/mol. The molecule has 1 fully saturated rings. The maximum Gasteiger partial charge on any atom is 0.341 e. The van der Waals surface area contributed by atoms with Gasteiger partial charge in [0.25, 0.3) is 5.56 Å². The highest BCUT2D eigenvalue weighted by Crippen LogP contribution is 2.38. The summed E-state index contributed by atoms with van der Waals surface area (Å²) in [5.41, 5.74) is 0.359. The predicted octanol–water partition coefficient (Wildman–Crippen LogP) is 1.47. The average Bonchev–Trinajstić information content (AvgIpc) is 3.14. The van der Waals surface area contributed by atoms with Gasteiger partial charge in [0.1, 0.15) is 5.56 Å². The van der Waals surface area contributed by atoms with E-state index in [4.69, 9.17) is 9.63 Å². The molecule has 1 N–H and O–H groups in total. The minimum atomic E-state index is -1.22. The number of rotatable bonds is 4. The van der Waals surface area contributed by atoms with Crippen molar-refractivity contribution in [3.05, 3.63) is 45.0 Å². The van der Waals surface area contributed by atoms with Crippen LogP contribution in [0.25, 0.3) is 0 Å². The highest BCUT2D eigenvalue weighted by Gasteiger charge is 2.29. The third kappa shape index (κ3) is 2.46. The molecule has 2 aromatic heterocycles. The zero-order chi connectivity index (χ0) is 15.1. The van der Waals surface area contributed by atoms with Crippen molar-refractivity contribution in [2.45, 2.75) is 39.2 Å². The summed E-state index contributed by atoms with van der Waals surface area (Å²) in [6, 6.07) is 1.67. The van der Waals surface area contributed by atoms with Crippen LogP contribution in [-0.4, -0.2) is 25.8 Å². The number of carboxylic acid groups (broad SMARTS) is 1. The molecule has 1 saturated carbocycles. The fraction of sp³-hybridized carbons (Fsp3) is 0.429. The van der Waals surface area contributed by atoms with Gasteiger partial charge in [-0.05, 0) is 38.3 Å². The minimum absolute atomic E-state index is 0.113. The molecule has 7 heteroatoms. The highest BCUT2D eigenvalue weighted by atomic mass is 16.5. The average molecular weight is 289 g/mol. The molecule has 0 bridgehead atoms. The van der Waals surface area contributed by atoms with Crippen molar-refractivity contribution in [1.82, 2.24) is 14.7 Å². The van der Waals surface area contributed by atoms with Crippen LogP contribution in [0.5, 0.6) is 0 Å². The van der Waals surface area contributed by atoms with Crippen LogP contribution in [0.1, 0.15) is 52.1 Å². The molecule has 0 atom stereocenters. The van der Waals surface area contributed by atoms with Crippen molar-refractivity contribution in [3.63, 3.8) is 0 Å². The quantitative estimate of drug-likeness (QED) is 0.915. The molecule has 1 aliphatic rings. The van der Waals surface area contributed by atoms with E-state index in [9.17, 15) is 9.59 Å². The van der Waals surface area contributed by atoms with E-state index in [0.29, 0.717) is 28.9 Å². The third-order valence-electron chi connectivity index (χ3n) is 3.63. The zero-order valence-corrected chi connectivity index (χ0v) is 11.8. The number of hydrogen-bond donors (Lipinski definition) is 1. The van der Waals surface area contributed by atoms with Gasteiger partial charge >= 0.3 is 5.97 Å². The van der Waals surface area contributed by atoms with Gasteiger partial charge in [0, 0.05) is 11.6 Å². The van der Waals surface area contributed by atoms with Crippen molar-refractivity contribution in [1.29, 1.82) is 0 Å². The Labute approximate surface area is 120 Å². The van der Waals surface area contributed by atoms with Gasteiger partial charge in [0.2, 0.25) is 5.89 Å². The van der Waals surface area contributed by atoms with E-state index < -0.39 is 11.5 Å². The van der Waals surface area contributed by atoms with E-state index in [1.165, 1.54) is 4.57 Å². The molecule has 0 saturated heterocycles. The molecule has 7 nitrogen and oxygen atoms in total. The maximum absolute atomic E-state index is 12.3. The van der Waals surface area contributed by atoms with Gasteiger partial charge < -0.3 is 14.2 Å². The first kappa shape index (κ1) is 13.5. The molecular weight excluding hydrogens is 274 g/mol. The van der Waals surface area contributed by atoms with Gasteiger partial charge in [-0.1, -0.05) is 5.16 Å². The molecule has 0 aliphatic heterocycles. The van der Waals surface area contributed by atoms with Gasteiger partial charge in [-0.3, -0.25) is 4.79 Å². The summed E-state index contributed by atoms with van der Waals surface area (Å²) in [5, 5.41) is 13.0. The van der Waals surface area contributed by atoms with Crippen LogP contribution >= 0.6 is 0 Å². The number of carbonyl (C=O) groups is 1. The number of nitrogens with zero attached hydrogens (tertiary/aromatic N) is 3. The predicted molar refractivity (Wildman–Crippen MR) is 72.5 cm³/mol. The lowest BCUT2D eigenvalue weighted by atomic mass is 10.1. The molecule has 2 heterocycles. The zero-order valence-electron chi connectivity index (χ0n) is 11.8. The van der Waals surface area contributed by atoms with E-state index in [1.807, 2.05) is 0 Å². The van der Waals surface area contributed by atoms with Crippen molar-refractivity contribution in [3.8, 4) is 0 Å². The van der Waals surface area contributed by atoms with Crippen LogP contribution in [0.3, 0.4) is 0 Å². The topological polar surface area (TPSA) is 98.2 Å². The number of aromatic carboxylic acids is 1. The molecule has 1 aliphatic carbocycles. The van der Waals surface area contributed by atoms with Crippen LogP contribution < -0.4 is 5.56 Å². The largest absolute Gasteiger partial charge is 0.477 e. The van der Waals surface area contributed by atoms with Gasteiger partial charge in [-0.25, -0.2) is 4.79 Å². The number of carboxylic acids is 1. The smallest absolute Gasteiger partial charge is 0.341 e. The molecule has 110 valence electrons. The van der Waals surface area contributed by atoms with Gasteiger partial charge in [0.05, 0.1) is 6.54 Å². The number of aromatic nitrogens is 3. The van der Waals surface area contributed by atoms with Crippen LogP contribution in [0, 0.1) is 13.8 Å². The van der Waals surface area contributed by atoms with Crippen molar-refractivity contribution in [2.75, 3.05) is 0 Å². The number of hydrogen-bond acceptors (Lipinski definition) is 5. The molecule has 3 rings (SSSR count). The van der Waals surface area contributed by atoms with E-state index in [0.717, 1.165) is 12.8 Å². The summed E-state index contributed by atoms with van der Waals surface area (Å²) < 4.78 is 6.51. The first-order chi connectivity index (χ1) is 9.97. The summed E-state index contributed by atoms with van der Waals surface area (Å²) in [6.07, 6.45) is 2.10. The van der Waals surface area contributed by atoms with E-state index in [2.05, 4.69) is 10.1 Å². The van der Waals surface area contributed by atoms with Gasteiger partial charge in [-0.15, -0.1) is 0 Å². The molecule has 0 aromatic carbocycles. The summed E-state index contributed by atoms with van der Waals surface area (Å²) in [5.74, 6) is 0.110. The molecule has 0 amide bonds. The van der Waals surface area contributed by atoms with Gasteiger partial charge in [-0.2, -0.15) is 4.98 Å². The Bertz CT molecular complexity index is 771. The Morgan fingerprint density at radius 2 is 2.19 bits per heavy atom. The SMILES string of the molecule is Cc1cc(C)n(Cc2noc(C3CC3)n2)c(=O)c1C(=O)O. The molecule has 0 spiro atoms. The fourth-order valence-corrected chi connectivity index (χ4v) is 2.35. The Kier molecular flexibility index (Phi) is 3.12. The van der Waals surface area contributed by atoms with E-state index in [1.54, 1.807) is 19.9 Å². The molecule has 2 aromatic rings. The van der Waals surface area contributed by atoms with E-state index in [-0.39, 0.29) is 12.1 Å². The van der Waals surface area contributed by atoms with Crippen LogP contribution in [-0.2, 0) is 6.54 Å². The molecular formula is C14H15N3O4. The normalized spacial score (nSPS) is 14.4. The molecule has 0 unspecified atom stereocenters. The Morgan fingerprint density at radius 1 is 1.48 bits per heavy atom. The maximum atomic E-state index is 12.3. The van der Waals surface area contributed by atoms with Crippen LogP contribution in [0.15, 0.2) is 15.4 Å². The van der Waals surface area contributed by atoms with Crippen molar-refractivity contribution >= 4 is 5.97 Å². The van der Waals surface area contributed by atoms with Crippen LogP contribution in [0.4, 0.5) is 0 Å². The molecule has 0 radical (unpaired) electrons. The minimum Gasteiger partial charge on any atom is -0.477 e. The van der Waals surface area contributed by atoms with Crippen LogP contribution in [0.2, 0.25) is 0 Å². The first-order valence-electron chi connectivity index (χ1n) is 6.74. The summed E-state index contributed by atoms with van der Waals surface area (Å²) in [7, 11) is 0. The lowest BCUT2D eigenvalue weighted by Gasteiger charge is -2.10. The standard InChI is InChI=1S/C14H15N3O4/c1-7-5-8(2)17(13(18)11(7)14(19)20)6-10-15-12(21-16-10)9-3-4-9/h5,9H,3-4,6H2,1-2H3,(H,19,20). The number of pyridine rings is 1. The second-order valence-electron chi connectivity index (χ2n) is 5.36. The molecule has 21 heavy (non-hydrogen) atoms. The Balaban J connectivity index is 1.99. The van der Waals surface area contributed by atoms with Crippen molar-refractivity contribution < 1.29 is 14.4 Å². The Morgan fingerprint density at radius 3 is 2.81 bits per heavy atom. The first-order valence-corrected chi connectivity index (χ1v) is 6.74.